The molecule has 0 spiro atoms. The summed E-state index contributed by atoms with van der Waals surface area (Å²) < 4.78 is 2.14. The largest absolute Gasteiger partial charge is 0.316 e. The van der Waals surface area contributed by atoms with Crippen molar-refractivity contribution in [3.8, 4) is 0 Å². The molecule has 5 rings (SSSR count). The third-order valence-corrected chi connectivity index (χ3v) is 6.58. The number of rotatable bonds is 3. The fourth-order valence-corrected chi connectivity index (χ4v) is 4.94. The molecule has 1 aliphatic heterocycles. The van der Waals surface area contributed by atoms with Crippen molar-refractivity contribution in [2.75, 3.05) is 13.1 Å². The van der Waals surface area contributed by atoms with Gasteiger partial charge in [-0.15, -0.1) is 0 Å². The number of nitrogens with one attached hydrogen (secondary N) is 2. The van der Waals surface area contributed by atoms with E-state index in [0.717, 1.165) is 50.1 Å². The number of aromatic nitrogens is 3. The molecule has 1 unspecified atom stereocenters. The number of H-pyrrole nitrogens is 1. The van der Waals surface area contributed by atoms with Crippen LogP contribution in [-0.4, -0.2) is 27.9 Å². The zero-order valence-electron chi connectivity index (χ0n) is 14.9. The lowest BCUT2D eigenvalue weighted by molar-refractivity contribution is 0.324. The van der Waals surface area contributed by atoms with Crippen LogP contribution < -0.4 is 10.9 Å². The summed E-state index contributed by atoms with van der Waals surface area (Å²) in [5.41, 5.74) is 4.76. The van der Waals surface area contributed by atoms with Gasteiger partial charge in [-0.1, -0.05) is 6.42 Å². The van der Waals surface area contributed by atoms with E-state index in [0.29, 0.717) is 11.8 Å². The van der Waals surface area contributed by atoms with E-state index >= 15 is 0 Å². The summed E-state index contributed by atoms with van der Waals surface area (Å²) in [6, 6.07) is 0. The minimum atomic E-state index is 0.130. The summed E-state index contributed by atoms with van der Waals surface area (Å²) >= 11 is 0. The first kappa shape index (κ1) is 15.6. The van der Waals surface area contributed by atoms with Crippen LogP contribution in [-0.2, 0) is 19.4 Å². The van der Waals surface area contributed by atoms with E-state index in [1.807, 2.05) is 0 Å². The molecule has 1 saturated carbocycles. The van der Waals surface area contributed by atoms with Crippen LogP contribution in [0.3, 0.4) is 0 Å². The van der Waals surface area contributed by atoms with Gasteiger partial charge in [0.05, 0.1) is 5.69 Å². The molecule has 0 radical (unpaired) electrons. The first-order valence-corrected chi connectivity index (χ1v) is 10.2. The second-order valence-electron chi connectivity index (χ2n) is 8.25. The van der Waals surface area contributed by atoms with Crippen LogP contribution in [0.15, 0.2) is 4.79 Å². The highest BCUT2D eigenvalue weighted by atomic mass is 16.1. The molecule has 2 aromatic rings. The van der Waals surface area contributed by atoms with Crippen LogP contribution in [0.25, 0.3) is 11.0 Å². The van der Waals surface area contributed by atoms with Crippen LogP contribution in [0.5, 0.6) is 0 Å². The molecule has 0 bridgehead atoms. The monoisotopic (exact) mass is 340 g/mol. The molecule has 2 fully saturated rings. The van der Waals surface area contributed by atoms with Gasteiger partial charge in [0, 0.05) is 23.4 Å². The normalized spacial score (nSPS) is 24.2. The summed E-state index contributed by atoms with van der Waals surface area (Å²) in [6.45, 7) is 3.12. The highest BCUT2D eigenvalue weighted by molar-refractivity contribution is 5.84. The van der Waals surface area contributed by atoms with E-state index in [-0.39, 0.29) is 5.56 Å². The van der Waals surface area contributed by atoms with Gasteiger partial charge >= 0.3 is 0 Å². The lowest BCUT2D eigenvalue weighted by atomic mass is 9.80. The van der Waals surface area contributed by atoms with Gasteiger partial charge in [0.1, 0.15) is 5.65 Å². The molecule has 2 N–H and O–H groups in total. The van der Waals surface area contributed by atoms with Gasteiger partial charge < -0.3 is 10.3 Å². The molecule has 1 atom stereocenters. The summed E-state index contributed by atoms with van der Waals surface area (Å²) in [5, 5.41) is 9.88. The Balaban J connectivity index is 1.64. The summed E-state index contributed by atoms with van der Waals surface area (Å²) in [4.78, 5) is 15.9. The SMILES string of the molecule is O=c1[nH]c2c(c(C3CCC3)nn2CC2CCCNC2)c2c1CCCC2. The van der Waals surface area contributed by atoms with Gasteiger partial charge in [0.15, 0.2) is 0 Å². The van der Waals surface area contributed by atoms with E-state index in [2.05, 4.69) is 15.0 Å². The Labute approximate surface area is 148 Å². The summed E-state index contributed by atoms with van der Waals surface area (Å²) in [7, 11) is 0. The first-order valence-electron chi connectivity index (χ1n) is 10.2. The molecule has 25 heavy (non-hydrogen) atoms. The van der Waals surface area contributed by atoms with E-state index < -0.39 is 0 Å². The van der Waals surface area contributed by atoms with Gasteiger partial charge in [-0.05, 0) is 75.9 Å². The highest BCUT2D eigenvalue weighted by Crippen LogP contribution is 2.41. The van der Waals surface area contributed by atoms with Crippen LogP contribution in [0.4, 0.5) is 0 Å². The lowest BCUT2D eigenvalue weighted by Gasteiger charge is -2.25. The van der Waals surface area contributed by atoms with E-state index in [1.54, 1.807) is 0 Å². The number of aromatic amines is 1. The van der Waals surface area contributed by atoms with Gasteiger partial charge in [-0.3, -0.25) is 4.79 Å². The minimum Gasteiger partial charge on any atom is -0.316 e. The first-order chi connectivity index (χ1) is 12.3. The number of piperidine rings is 1. The minimum absolute atomic E-state index is 0.130. The Morgan fingerprint density at radius 2 is 1.88 bits per heavy atom. The summed E-state index contributed by atoms with van der Waals surface area (Å²) in [5.74, 6) is 1.22. The van der Waals surface area contributed by atoms with E-state index in [1.165, 1.54) is 55.2 Å². The Hall–Kier alpha value is -1.62. The predicted octanol–water partition coefficient (Wildman–Crippen LogP) is 2.87. The van der Waals surface area contributed by atoms with Crippen LogP contribution in [0, 0.1) is 5.92 Å². The molecule has 3 heterocycles. The van der Waals surface area contributed by atoms with Gasteiger partial charge in [-0.25, -0.2) is 4.68 Å². The van der Waals surface area contributed by atoms with Crippen molar-refractivity contribution >= 4 is 11.0 Å². The van der Waals surface area contributed by atoms with Crippen molar-refractivity contribution in [2.45, 2.75) is 70.3 Å². The number of pyridine rings is 1. The number of nitrogens with zero attached hydrogens (tertiary/aromatic N) is 2. The Morgan fingerprint density at radius 1 is 1.04 bits per heavy atom. The van der Waals surface area contributed by atoms with E-state index in [9.17, 15) is 4.79 Å². The molecule has 2 aliphatic carbocycles. The molecule has 1 saturated heterocycles. The second-order valence-corrected chi connectivity index (χ2v) is 8.25. The standard InChI is InChI=1S/C20H28N4O/c25-20-16-9-2-1-8-15(16)17-18(14-6-3-7-14)23-24(19(17)22-20)12-13-5-4-10-21-11-13/h13-14,21H,1-12H2,(H,22,25). The number of aryl methyl sites for hydroxylation is 1. The summed E-state index contributed by atoms with van der Waals surface area (Å²) in [6.07, 6.45) is 10.6. The Morgan fingerprint density at radius 3 is 2.60 bits per heavy atom. The number of fused-ring (bicyclic) bond motifs is 3. The van der Waals surface area contributed by atoms with Crippen molar-refractivity contribution in [2.24, 2.45) is 5.92 Å². The fourth-order valence-electron chi connectivity index (χ4n) is 4.94. The predicted molar refractivity (Wildman–Crippen MR) is 99.2 cm³/mol. The average molecular weight is 340 g/mol. The third kappa shape index (κ3) is 2.64. The molecule has 134 valence electrons. The topological polar surface area (TPSA) is 62.7 Å². The number of hydrogen-bond acceptors (Lipinski definition) is 3. The second kappa shape index (κ2) is 6.27. The smallest absolute Gasteiger partial charge is 0.253 e. The van der Waals surface area contributed by atoms with Crippen molar-refractivity contribution < 1.29 is 0 Å². The van der Waals surface area contributed by atoms with Gasteiger partial charge in [-0.2, -0.15) is 5.10 Å². The van der Waals surface area contributed by atoms with Crippen molar-refractivity contribution in [1.29, 1.82) is 0 Å². The fraction of sp³-hybridized carbons (Fsp3) is 0.700. The zero-order valence-corrected chi connectivity index (χ0v) is 14.9. The molecule has 3 aliphatic rings. The van der Waals surface area contributed by atoms with Crippen LogP contribution >= 0.6 is 0 Å². The quantitative estimate of drug-likeness (QED) is 0.903. The van der Waals surface area contributed by atoms with Crippen molar-refractivity contribution in [1.82, 2.24) is 20.1 Å². The zero-order chi connectivity index (χ0) is 16.8. The maximum atomic E-state index is 12.7. The lowest BCUT2D eigenvalue weighted by Crippen LogP contribution is -2.32. The molecule has 5 heteroatoms. The Bertz CT molecular complexity index is 839. The molecular formula is C20H28N4O. The number of hydrogen-bond donors (Lipinski definition) is 2. The van der Waals surface area contributed by atoms with Crippen molar-refractivity contribution in [3.63, 3.8) is 0 Å². The molecule has 0 amide bonds. The van der Waals surface area contributed by atoms with Gasteiger partial charge in [0.25, 0.3) is 5.56 Å². The van der Waals surface area contributed by atoms with E-state index in [4.69, 9.17) is 5.10 Å². The van der Waals surface area contributed by atoms with Crippen LogP contribution in [0.1, 0.15) is 67.7 Å². The van der Waals surface area contributed by atoms with Crippen LogP contribution in [0.2, 0.25) is 0 Å². The molecule has 5 nitrogen and oxygen atoms in total. The maximum absolute atomic E-state index is 12.7. The average Bonchev–Trinajstić information content (AvgIpc) is 2.93. The Kier molecular flexibility index (Phi) is 3.92. The molecule has 2 aromatic heterocycles. The molecule has 0 aromatic carbocycles. The molecular weight excluding hydrogens is 312 g/mol. The highest BCUT2D eigenvalue weighted by Gasteiger charge is 2.30. The van der Waals surface area contributed by atoms with Gasteiger partial charge in [0.2, 0.25) is 0 Å². The third-order valence-electron chi connectivity index (χ3n) is 6.58. The van der Waals surface area contributed by atoms with Crippen molar-refractivity contribution in [3.05, 3.63) is 27.2 Å². The maximum Gasteiger partial charge on any atom is 0.253 e.